The van der Waals surface area contributed by atoms with Gasteiger partial charge in [-0.05, 0) is 24.8 Å². The van der Waals surface area contributed by atoms with Crippen LogP contribution in [0.2, 0.25) is 0 Å². The number of rotatable bonds is 9. The summed E-state index contributed by atoms with van der Waals surface area (Å²) in [7, 11) is 3.55. The Hall–Kier alpha value is -2.71. The van der Waals surface area contributed by atoms with Crippen LogP contribution in [0.1, 0.15) is 54.2 Å². The fourth-order valence-electron chi connectivity index (χ4n) is 6.36. The summed E-state index contributed by atoms with van der Waals surface area (Å²) >= 11 is 0. The normalized spacial score (nSPS) is 23.3. The summed E-state index contributed by atoms with van der Waals surface area (Å²) in [6.07, 6.45) is 7.67. The van der Waals surface area contributed by atoms with Gasteiger partial charge in [0.2, 0.25) is 0 Å². The lowest BCUT2D eigenvalue weighted by Gasteiger charge is -2.44. The molecule has 3 atom stereocenters. The zero-order valence-corrected chi connectivity index (χ0v) is 23.9. The van der Waals surface area contributed by atoms with Crippen LogP contribution in [0.4, 0.5) is 0 Å². The molecule has 1 N–H and O–H groups in total. The molecule has 0 bridgehead atoms. The van der Waals surface area contributed by atoms with Crippen molar-refractivity contribution in [1.29, 1.82) is 0 Å². The molecule has 1 saturated heterocycles. The quantitative estimate of drug-likeness (QED) is 0.397. The molecule has 1 aliphatic heterocycles. The Labute approximate surface area is 238 Å². The maximum absolute atomic E-state index is 14.3. The minimum atomic E-state index is -0.357. The molecule has 2 aromatic carbocycles. The van der Waals surface area contributed by atoms with E-state index in [1.54, 1.807) is 7.11 Å². The number of benzene rings is 2. The predicted molar refractivity (Wildman–Crippen MR) is 156 cm³/mol. The lowest BCUT2D eigenvalue weighted by molar-refractivity contribution is -0.0920. The van der Waals surface area contributed by atoms with Crippen molar-refractivity contribution in [2.24, 2.45) is 0 Å². The average molecular weight is 553 g/mol. The monoisotopic (exact) mass is 552 g/mol. The first kappa shape index (κ1) is 29.3. The van der Waals surface area contributed by atoms with Crippen LogP contribution in [0, 0.1) is 0 Å². The van der Waals surface area contributed by atoms with E-state index >= 15 is 0 Å². The third-order valence-corrected chi connectivity index (χ3v) is 8.38. The van der Waals surface area contributed by atoms with Gasteiger partial charge in [-0.1, -0.05) is 73.5 Å². The molecular weight excluding hydrogens is 512 g/mol. The number of carbonyl (C=O) groups excluding carboxylic acids is 1. The summed E-state index contributed by atoms with van der Waals surface area (Å²) in [4.78, 5) is 21.1. The molecule has 1 unspecified atom stereocenters. The predicted octanol–water partition coefficient (Wildman–Crippen LogP) is 5.17. The van der Waals surface area contributed by atoms with Gasteiger partial charge < -0.3 is 24.3 Å². The van der Waals surface area contributed by atoms with Crippen molar-refractivity contribution in [3.8, 4) is 11.3 Å². The number of carbonyl (C=O) groups is 1. The van der Waals surface area contributed by atoms with Gasteiger partial charge in [0.25, 0.3) is 5.91 Å². The summed E-state index contributed by atoms with van der Waals surface area (Å²) in [5.74, 6) is 0.000696. The SMILES string of the molecule is COCCC1(OC)CCCC[C@@H]1n1cnc(C(=O)N2CCNC[C@H]2Cc2ccccc2)c1-c1ccccc1.Cl. The number of hydrogen-bond acceptors (Lipinski definition) is 5. The number of nitrogens with one attached hydrogen (secondary N) is 1. The van der Waals surface area contributed by atoms with Gasteiger partial charge in [-0.25, -0.2) is 4.98 Å². The number of amides is 1. The van der Waals surface area contributed by atoms with E-state index in [1.165, 1.54) is 5.56 Å². The number of piperazine rings is 1. The third-order valence-electron chi connectivity index (χ3n) is 8.38. The minimum absolute atomic E-state index is 0. The van der Waals surface area contributed by atoms with Gasteiger partial charge in [0.15, 0.2) is 5.69 Å². The van der Waals surface area contributed by atoms with E-state index in [0.29, 0.717) is 18.8 Å². The van der Waals surface area contributed by atoms with Gasteiger partial charge in [-0.3, -0.25) is 4.79 Å². The van der Waals surface area contributed by atoms with E-state index in [-0.39, 0.29) is 36.0 Å². The van der Waals surface area contributed by atoms with Crippen LogP contribution in [0.15, 0.2) is 67.0 Å². The number of halogens is 1. The molecule has 1 saturated carbocycles. The summed E-state index contributed by atoms with van der Waals surface area (Å²) in [6, 6.07) is 20.8. The second-order valence-electron chi connectivity index (χ2n) is 10.5. The largest absolute Gasteiger partial charge is 0.385 e. The molecule has 0 spiro atoms. The molecule has 5 rings (SSSR count). The van der Waals surface area contributed by atoms with Gasteiger partial charge in [-0.2, -0.15) is 0 Å². The van der Waals surface area contributed by atoms with E-state index in [9.17, 15) is 4.79 Å². The van der Waals surface area contributed by atoms with E-state index in [1.807, 2.05) is 42.6 Å². The van der Waals surface area contributed by atoms with Crippen LogP contribution in [0.3, 0.4) is 0 Å². The molecule has 1 aromatic heterocycles. The molecule has 2 heterocycles. The second kappa shape index (κ2) is 13.6. The Morgan fingerprint density at radius 3 is 2.54 bits per heavy atom. The highest BCUT2D eigenvalue weighted by molar-refractivity contribution is 5.98. The van der Waals surface area contributed by atoms with Gasteiger partial charge in [-0.15, -0.1) is 12.4 Å². The maximum Gasteiger partial charge on any atom is 0.275 e. The zero-order valence-electron chi connectivity index (χ0n) is 23.1. The van der Waals surface area contributed by atoms with E-state index < -0.39 is 0 Å². The molecular formula is C31H41ClN4O3. The smallest absolute Gasteiger partial charge is 0.275 e. The van der Waals surface area contributed by atoms with E-state index in [0.717, 1.165) is 62.9 Å². The molecule has 2 fully saturated rings. The fraction of sp³-hybridized carbons (Fsp3) is 0.484. The van der Waals surface area contributed by atoms with Gasteiger partial charge in [0.1, 0.15) is 0 Å². The van der Waals surface area contributed by atoms with Crippen LogP contribution < -0.4 is 5.32 Å². The standard InChI is InChI=1S/C31H40N4O3.ClH/c1-37-20-17-31(38-2)16-10-9-15-27(31)35-23-33-28(29(35)25-13-7-4-8-14-25)30(36)34-19-18-32-22-26(34)21-24-11-5-3-6-12-24;/h3-8,11-14,23,26-27,32H,9-10,15-22H2,1-2H3;1H/t26-,27+,31?;/m1./s1. The topological polar surface area (TPSA) is 68.6 Å². The van der Waals surface area contributed by atoms with Crippen LogP contribution in [0.5, 0.6) is 0 Å². The van der Waals surface area contributed by atoms with Gasteiger partial charge >= 0.3 is 0 Å². The van der Waals surface area contributed by atoms with Gasteiger partial charge in [0.05, 0.1) is 23.7 Å². The first-order valence-corrected chi connectivity index (χ1v) is 13.9. The Morgan fingerprint density at radius 1 is 1.08 bits per heavy atom. The Balaban J connectivity index is 0.00000353. The lowest BCUT2D eigenvalue weighted by Crippen LogP contribution is -2.54. The number of methoxy groups -OCH3 is 2. The van der Waals surface area contributed by atoms with Crippen molar-refractivity contribution in [2.75, 3.05) is 40.5 Å². The number of ether oxygens (including phenoxy) is 2. The highest BCUT2D eigenvalue weighted by Gasteiger charge is 2.43. The van der Waals surface area contributed by atoms with Gasteiger partial charge in [0, 0.05) is 58.5 Å². The highest BCUT2D eigenvalue weighted by Crippen LogP contribution is 2.44. The Kier molecular flexibility index (Phi) is 10.2. The highest BCUT2D eigenvalue weighted by atomic mass is 35.5. The number of aromatic nitrogens is 2. The Bertz CT molecular complexity index is 1190. The van der Waals surface area contributed by atoms with Crippen LogP contribution >= 0.6 is 12.4 Å². The van der Waals surface area contributed by atoms with Crippen molar-refractivity contribution >= 4 is 18.3 Å². The summed E-state index contributed by atoms with van der Waals surface area (Å²) in [5.41, 5.74) is 3.30. The average Bonchev–Trinajstić information content (AvgIpc) is 3.42. The molecule has 3 aromatic rings. The van der Waals surface area contributed by atoms with Crippen LogP contribution in [-0.4, -0.2) is 72.5 Å². The fourth-order valence-corrected chi connectivity index (χ4v) is 6.36. The second-order valence-corrected chi connectivity index (χ2v) is 10.5. The molecule has 1 aliphatic carbocycles. The van der Waals surface area contributed by atoms with E-state index in [2.05, 4.69) is 46.3 Å². The summed E-state index contributed by atoms with van der Waals surface area (Å²) < 4.78 is 14.0. The van der Waals surface area contributed by atoms with Crippen LogP contribution in [-0.2, 0) is 15.9 Å². The molecule has 8 heteroatoms. The van der Waals surface area contributed by atoms with Crippen molar-refractivity contribution in [1.82, 2.24) is 19.8 Å². The minimum Gasteiger partial charge on any atom is -0.385 e. The summed E-state index contributed by atoms with van der Waals surface area (Å²) in [5, 5.41) is 3.48. The zero-order chi connectivity index (χ0) is 26.4. The molecule has 7 nitrogen and oxygen atoms in total. The maximum atomic E-state index is 14.3. The third kappa shape index (κ3) is 6.22. The van der Waals surface area contributed by atoms with Crippen molar-refractivity contribution in [2.45, 2.75) is 56.2 Å². The van der Waals surface area contributed by atoms with Crippen molar-refractivity contribution < 1.29 is 14.3 Å². The summed E-state index contributed by atoms with van der Waals surface area (Å²) in [6.45, 7) is 2.85. The molecule has 0 radical (unpaired) electrons. The van der Waals surface area contributed by atoms with Crippen molar-refractivity contribution in [3.05, 3.63) is 78.2 Å². The number of imidazole rings is 1. The molecule has 39 heavy (non-hydrogen) atoms. The lowest BCUT2D eigenvalue weighted by atomic mass is 9.77. The van der Waals surface area contributed by atoms with E-state index in [4.69, 9.17) is 14.5 Å². The number of hydrogen-bond donors (Lipinski definition) is 1. The first-order chi connectivity index (χ1) is 18.7. The molecule has 210 valence electrons. The Morgan fingerprint density at radius 2 is 1.82 bits per heavy atom. The first-order valence-electron chi connectivity index (χ1n) is 13.9. The van der Waals surface area contributed by atoms with Crippen molar-refractivity contribution in [3.63, 3.8) is 0 Å². The van der Waals surface area contributed by atoms with Crippen LogP contribution in [0.25, 0.3) is 11.3 Å². The number of nitrogens with zero attached hydrogens (tertiary/aromatic N) is 3. The molecule has 1 amide bonds. The molecule has 2 aliphatic rings.